The minimum absolute atomic E-state index is 0.0236. The highest BCUT2D eigenvalue weighted by atomic mass is 16.1. The maximum absolute atomic E-state index is 12.2. The molecule has 0 aromatic rings. The van der Waals surface area contributed by atoms with Crippen LogP contribution in [-0.2, 0) is 4.79 Å². The highest BCUT2D eigenvalue weighted by molar-refractivity contribution is 5.79. The molecule has 0 spiro atoms. The number of nitrogens with zero attached hydrogens (tertiary/aromatic N) is 1. The van der Waals surface area contributed by atoms with Crippen LogP contribution in [0.25, 0.3) is 0 Å². The van der Waals surface area contributed by atoms with Crippen molar-refractivity contribution < 1.29 is 4.79 Å². The van der Waals surface area contributed by atoms with Gasteiger partial charge in [0.05, 0.1) is 5.92 Å². The van der Waals surface area contributed by atoms with Crippen molar-refractivity contribution in [1.29, 1.82) is 0 Å². The number of hydrogen-bond donors (Lipinski definition) is 2. The molecule has 2 aliphatic carbocycles. The lowest BCUT2D eigenvalue weighted by Crippen LogP contribution is -2.47. The Balaban J connectivity index is 1.68. The van der Waals surface area contributed by atoms with Gasteiger partial charge in [0, 0.05) is 25.2 Å². The maximum atomic E-state index is 12.2. The molecule has 20 heavy (non-hydrogen) atoms. The number of carbonyl (C=O) groups is 1. The molecule has 116 valence electrons. The molecule has 2 aliphatic rings. The monoisotopic (exact) mass is 281 g/mol. The number of nitrogens with one attached hydrogen (secondary N) is 1. The van der Waals surface area contributed by atoms with E-state index in [9.17, 15) is 4.79 Å². The van der Waals surface area contributed by atoms with E-state index in [1.807, 2.05) is 0 Å². The van der Waals surface area contributed by atoms with Gasteiger partial charge in [0.15, 0.2) is 0 Å². The summed E-state index contributed by atoms with van der Waals surface area (Å²) in [6, 6.07) is 0.780. The Labute approximate surface area is 123 Å². The second-order valence-corrected chi connectivity index (χ2v) is 6.90. The fourth-order valence-corrected chi connectivity index (χ4v) is 3.72. The van der Waals surface area contributed by atoms with Crippen molar-refractivity contribution in [3.05, 3.63) is 0 Å². The second kappa shape index (κ2) is 7.41. The largest absolute Gasteiger partial charge is 0.355 e. The van der Waals surface area contributed by atoms with E-state index in [1.54, 1.807) is 0 Å². The number of nitrogens with two attached hydrogens (primary N) is 1. The van der Waals surface area contributed by atoms with E-state index in [2.05, 4.69) is 24.2 Å². The fourth-order valence-electron chi connectivity index (χ4n) is 3.72. The SMILES string of the molecule is CC1CCC(N)C(C(=O)NCCN(C)C2CCCC2)C1. The molecule has 3 N–H and O–H groups in total. The van der Waals surface area contributed by atoms with Gasteiger partial charge in [-0.1, -0.05) is 19.8 Å². The molecular formula is C16H31N3O. The van der Waals surface area contributed by atoms with Crippen molar-refractivity contribution in [2.24, 2.45) is 17.6 Å². The first-order chi connectivity index (χ1) is 9.58. The van der Waals surface area contributed by atoms with E-state index in [4.69, 9.17) is 5.73 Å². The van der Waals surface area contributed by atoms with Gasteiger partial charge < -0.3 is 16.0 Å². The summed E-state index contributed by atoms with van der Waals surface area (Å²) in [6.07, 6.45) is 8.44. The van der Waals surface area contributed by atoms with Gasteiger partial charge >= 0.3 is 0 Å². The van der Waals surface area contributed by atoms with Crippen LogP contribution < -0.4 is 11.1 Å². The zero-order chi connectivity index (χ0) is 14.5. The van der Waals surface area contributed by atoms with E-state index < -0.39 is 0 Å². The summed E-state index contributed by atoms with van der Waals surface area (Å²) in [7, 11) is 2.18. The number of carbonyl (C=O) groups excluding carboxylic acids is 1. The third-order valence-electron chi connectivity index (χ3n) is 5.21. The van der Waals surface area contributed by atoms with Crippen LogP contribution in [0.1, 0.15) is 51.9 Å². The summed E-state index contributed by atoms with van der Waals surface area (Å²) in [5.41, 5.74) is 6.10. The first-order valence-corrected chi connectivity index (χ1v) is 8.31. The molecule has 4 nitrogen and oxygen atoms in total. The molecule has 2 saturated carbocycles. The van der Waals surface area contributed by atoms with Crippen LogP contribution in [0.2, 0.25) is 0 Å². The molecule has 0 aromatic carbocycles. The van der Waals surface area contributed by atoms with Crippen molar-refractivity contribution >= 4 is 5.91 Å². The first-order valence-electron chi connectivity index (χ1n) is 8.31. The summed E-state index contributed by atoms with van der Waals surface area (Å²) in [6.45, 7) is 3.93. The molecule has 2 fully saturated rings. The van der Waals surface area contributed by atoms with Crippen molar-refractivity contribution in [2.45, 2.75) is 64.0 Å². The minimum atomic E-state index is 0.0236. The Morgan fingerprint density at radius 1 is 1.25 bits per heavy atom. The van der Waals surface area contributed by atoms with Crippen LogP contribution in [0.5, 0.6) is 0 Å². The predicted octanol–water partition coefficient (Wildman–Crippen LogP) is 1.74. The number of amides is 1. The van der Waals surface area contributed by atoms with Gasteiger partial charge in [-0.05, 0) is 45.1 Å². The topological polar surface area (TPSA) is 58.4 Å². The van der Waals surface area contributed by atoms with Crippen molar-refractivity contribution in [3.8, 4) is 0 Å². The van der Waals surface area contributed by atoms with Gasteiger partial charge in [0.25, 0.3) is 0 Å². The summed E-state index contributed by atoms with van der Waals surface area (Å²) in [5, 5.41) is 3.10. The molecule has 0 radical (unpaired) electrons. The molecule has 0 aromatic heterocycles. The zero-order valence-electron chi connectivity index (χ0n) is 13.1. The molecule has 3 atom stereocenters. The van der Waals surface area contributed by atoms with E-state index in [0.717, 1.165) is 38.4 Å². The van der Waals surface area contributed by atoms with Crippen LogP contribution in [0.15, 0.2) is 0 Å². The Bertz CT molecular complexity index is 315. The van der Waals surface area contributed by atoms with E-state index in [0.29, 0.717) is 5.92 Å². The van der Waals surface area contributed by atoms with E-state index >= 15 is 0 Å². The molecule has 3 unspecified atom stereocenters. The summed E-state index contributed by atoms with van der Waals surface area (Å²) in [4.78, 5) is 14.6. The van der Waals surface area contributed by atoms with Crippen LogP contribution in [0, 0.1) is 11.8 Å². The van der Waals surface area contributed by atoms with Gasteiger partial charge in [-0.25, -0.2) is 0 Å². The standard InChI is InChI=1S/C16H31N3O/c1-12-7-8-15(17)14(11-12)16(20)18-9-10-19(2)13-5-3-4-6-13/h12-15H,3-11,17H2,1-2H3,(H,18,20). The Morgan fingerprint density at radius 2 is 1.95 bits per heavy atom. The van der Waals surface area contributed by atoms with Crippen LogP contribution >= 0.6 is 0 Å². The van der Waals surface area contributed by atoms with Gasteiger partial charge in [-0.2, -0.15) is 0 Å². The molecule has 0 saturated heterocycles. The number of rotatable bonds is 5. The fraction of sp³-hybridized carbons (Fsp3) is 0.938. The number of likely N-dealkylation sites (N-methyl/N-ethyl adjacent to an activating group) is 1. The van der Waals surface area contributed by atoms with Gasteiger partial charge in [0.1, 0.15) is 0 Å². The minimum Gasteiger partial charge on any atom is -0.355 e. The average molecular weight is 281 g/mol. The lowest BCUT2D eigenvalue weighted by Gasteiger charge is -2.32. The lowest BCUT2D eigenvalue weighted by atomic mass is 9.79. The smallest absolute Gasteiger partial charge is 0.224 e. The first kappa shape index (κ1) is 15.8. The molecule has 2 rings (SSSR count). The Morgan fingerprint density at radius 3 is 2.65 bits per heavy atom. The van der Waals surface area contributed by atoms with E-state index in [1.165, 1.54) is 25.7 Å². The molecular weight excluding hydrogens is 250 g/mol. The third-order valence-corrected chi connectivity index (χ3v) is 5.21. The second-order valence-electron chi connectivity index (χ2n) is 6.90. The normalized spacial score (nSPS) is 31.7. The molecule has 0 aliphatic heterocycles. The highest BCUT2D eigenvalue weighted by Gasteiger charge is 2.31. The zero-order valence-corrected chi connectivity index (χ0v) is 13.1. The number of hydrogen-bond acceptors (Lipinski definition) is 3. The van der Waals surface area contributed by atoms with E-state index in [-0.39, 0.29) is 17.9 Å². The predicted molar refractivity (Wildman–Crippen MR) is 82.4 cm³/mol. The quantitative estimate of drug-likeness (QED) is 0.807. The molecule has 0 heterocycles. The summed E-state index contributed by atoms with van der Waals surface area (Å²) in [5.74, 6) is 0.825. The molecule has 0 bridgehead atoms. The van der Waals surface area contributed by atoms with Crippen molar-refractivity contribution in [3.63, 3.8) is 0 Å². The molecule has 4 heteroatoms. The Hall–Kier alpha value is -0.610. The van der Waals surface area contributed by atoms with Crippen molar-refractivity contribution in [1.82, 2.24) is 10.2 Å². The van der Waals surface area contributed by atoms with Gasteiger partial charge in [-0.15, -0.1) is 0 Å². The van der Waals surface area contributed by atoms with Crippen molar-refractivity contribution in [2.75, 3.05) is 20.1 Å². The highest BCUT2D eigenvalue weighted by Crippen LogP contribution is 2.28. The summed E-state index contributed by atoms with van der Waals surface area (Å²) < 4.78 is 0. The maximum Gasteiger partial charge on any atom is 0.224 e. The van der Waals surface area contributed by atoms with Gasteiger partial charge in [0.2, 0.25) is 5.91 Å². The van der Waals surface area contributed by atoms with Gasteiger partial charge in [-0.3, -0.25) is 4.79 Å². The summed E-state index contributed by atoms with van der Waals surface area (Å²) >= 11 is 0. The van der Waals surface area contributed by atoms with Crippen LogP contribution in [0.4, 0.5) is 0 Å². The molecule has 1 amide bonds. The van der Waals surface area contributed by atoms with Crippen LogP contribution in [-0.4, -0.2) is 43.0 Å². The van der Waals surface area contributed by atoms with Crippen LogP contribution in [0.3, 0.4) is 0 Å². The third kappa shape index (κ3) is 4.19. The average Bonchev–Trinajstić information content (AvgIpc) is 2.95. The lowest BCUT2D eigenvalue weighted by molar-refractivity contribution is -0.127. The Kier molecular flexibility index (Phi) is 5.85.